The van der Waals surface area contributed by atoms with Crippen LogP contribution in [0.4, 0.5) is 0 Å². The van der Waals surface area contributed by atoms with E-state index in [1.165, 1.54) is 15.9 Å². The summed E-state index contributed by atoms with van der Waals surface area (Å²) < 4.78 is 0. The minimum atomic E-state index is -1.99. The van der Waals surface area contributed by atoms with E-state index in [0.717, 1.165) is 0 Å². The van der Waals surface area contributed by atoms with Gasteiger partial charge in [0, 0.05) is 5.92 Å². The van der Waals surface area contributed by atoms with Gasteiger partial charge >= 0.3 is 0 Å². The maximum absolute atomic E-state index is 10.7. The monoisotopic (exact) mass is 362 g/mol. The van der Waals surface area contributed by atoms with Gasteiger partial charge in [-0.05, 0) is 36.6 Å². The van der Waals surface area contributed by atoms with Crippen molar-refractivity contribution in [3.8, 4) is 0 Å². The molecule has 2 heteroatoms. The summed E-state index contributed by atoms with van der Waals surface area (Å²) in [5.41, 5.74) is -0.774. The van der Waals surface area contributed by atoms with Crippen LogP contribution in [-0.4, -0.2) is 16.5 Å². The third-order valence-corrected chi connectivity index (χ3v) is 9.28. The Morgan fingerprint density at radius 3 is 1.27 bits per heavy atom. The van der Waals surface area contributed by atoms with Gasteiger partial charge in [0.2, 0.25) is 0 Å². The molecule has 0 fully saturated rings. The van der Waals surface area contributed by atoms with Crippen molar-refractivity contribution in [2.75, 3.05) is 0 Å². The zero-order chi connectivity index (χ0) is 18.6. The first-order chi connectivity index (χ1) is 12.4. The van der Waals surface area contributed by atoms with Crippen molar-refractivity contribution in [3.05, 3.63) is 91.0 Å². The molecule has 0 heterocycles. The van der Waals surface area contributed by atoms with Crippen LogP contribution in [0.2, 0.25) is 0 Å². The quantitative estimate of drug-likeness (QED) is 0.675. The molecule has 3 rings (SSSR count). The van der Waals surface area contributed by atoms with E-state index in [-0.39, 0.29) is 5.92 Å². The fourth-order valence-electron chi connectivity index (χ4n) is 3.21. The van der Waals surface area contributed by atoms with E-state index < -0.39 is 12.5 Å². The Kier molecular flexibility index (Phi) is 5.51. The van der Waals surface area contributed by atoms with Gasteiger partial charge in [0.1, 0.15) is 0 Å². The lowest BCUT2D eigenvalue weighted by molar-refractivity contribution is 0.0537. The maximum Gasteiger partial charge on any atom is 0.0652 e. The highest BCUT2D eigenvalue weighted by molar-refractivity contribution is 7.94. The average molecular weight is 362 g/mol. The number of benzene rings is 3. The highest BCUT2D eigenvalue weighted by Crippen LogP contribution is 2.45. The maximum atomic E-state index is 10.7. The Hall–Kier alpha value is -2.08. The van der Waals surface area contributed by atoms with E-state index in [2.05, 4.69) is 104 Å². The van der Waals surface area contributed by atoms with Crippen molar-refractivity contribution in [2.45, 2.75) is 26.4 Å². The zero-order valence-corrected chi connectivity index (χ0v) is 16.6. The van der Waals surface area contributed by atoms with E-state index in [0.29, 0.717) is 0 Å². The van der Waals surface area contributed by atoms with Crippen LogP contribution in [0.25, 0.3) is 0 Å². The van der Waals surface area contributed by atoms with E-state index >= 15 is 0 Å². The van der Waals surface area contributed by atoms with Crippen molar-refractivity contribution in [1.29, 1.82) is 0 Å². The molecule has 0 aliphatic rings. The second kappa shape index (κ2) is 7.66. The molecule has 3 aromatic rings. The lowest BCUT2D eigenvalue weighted by Gasteiger charge is -2.33. The van der Waals surface area contributed by atoms with Gasteiger partial charge in [-0.15, -0.1) is 0 Å². The summed E-state index contributed by atoms with van der Waals surface area (Å²) in [7, 11) is 0. The molecule has 0 radical (unpaired) electrons. The second-order valence-corrected chi connectivity index (χ2v) is 10.6. The van der Waals surface area contributed by atoms with Crippen LogP contribution in [-0.2, 0) is 0 Å². The van der Waals surface area contributed by atoms with Gasteiger partial charge in [0.25, 0.3) is 0 Å². The Morgan fingerprint density at radius 2 is 1.00 bits per heavy atom. The summed E-state index contributed by atoms with van der Waals surface area (Å²) in [6.07, 6.45) is 0. The lowest BCUT2D eigenvalue weighted by Crippen LogP contribution is -2.34. The van der Waals surface area contributed by atoms with Crippen LogP contribution in [0.1, 0.15) is 20.8 Å². The minimum Gasteiger partial charge on any atom is -0.390 e. The molecule has 0 saturated carbocycles. The second-order valence-electron chi connectivity index (χ2n) is 7.32. The Morgan fingerprint density at radius 1 is 0.692 bits per heavy atom. The molecule has 0 bridgehead atoms. The molecule has 134 valence electrons. The molecule has 0 spiro atoms. The lowest BCUT2D eigenvalue weighted by atomic mass is 9.95. The molecular weight excluding hydrogens is 335 g/mol. The number of aliphatic hydroxyl groups is 1. The zero-order valence-electron chi connectivity index (χ0n) is 15.7. The third-order valence-electron chi connectivity index (χ3n) is 5.05. The third kappa shape index (κ3) is 3.70. The van der Waals surface area contributed by atoms with Gasteiger partial charge in [0.05, 0.1) is 5.60 Å². The molecule has 0 saturated heterocycles. The van der Waals surface area contributed by atoms with Crippen molar-refractivity contribution >= 4 is 28.6 Å². The largest absolute Gasteiger partial charge is 0.390 e. The summed E-state index contributed by atoms with van der Waals surface area (Å²) in [6, 6.07) is 32.2. The molecule has 1 atom stereocenters. The fraction of sp³-hybridized carbons (Fsp3) is 0.208. The standard InChI is InChI=1S/C24H27OP/c1-20(24(2,3)25)19-26(21-13-7-4-8-14-21,22-15-9-5-10-16-22)23-17-11-6-12-18-23/h4-20,25H,1-3H3. The molecule has 1 nitrogen and oxygen atoms in total. The number of hydrogen-bond acceptors (Lipinski definition) is 1. The summed E-state index contributed by atoms with van der Waals surface area (Å²) >= 11 is 0. The van der Waals surface area contributed by atoms with Crippen LogP contribution in [0.3, 0.4) is 0 Å². The normalized spacial score (nSPS) is 13.2. The van der Waals surface area contributed by atoms with Gasteiger partial charge in [-0.3, -0.25) is 0 Å². The van der Waals surface area contributed by atoms with Crippen molar-refractivity contribution < 1.29 is 5.11 Å². The molecule has 1 N–H and O–H groups in total. The van der Waals surface area contributed by atoms with Crippen LogP contribution in [0, 0.1) is 5.92 Å². The highest BCUT2D eigenvalue weighted by atomic mass is 31.2. The van der Waals surface area contributed by atoms with Crippen LogP contribution in [0.15, 0.2) is 91.0 Å². The molecule has 0 aliphatic carbocycles. The average Bonchev–Trinajstić information content (AvgIpc) is 2.67. The first-order valence-corrected chi connectivity index (χ1v) is 10.9. The first-order valence-electron chi connectivity index (χ1n) is 9.08. The van der Waals surface area contributed by atoms with Crippen LogP contribution >= 0.6 is 6.89 Å². The summed E-state index contributed by atoms with van der Waals surface area (Å²) in [4.78, 5) is 0. The fourth-order valence-corrected chi connectivity index (χ4v) is 7.59. The molecule has 0 amide bonds. The van der Waals surface area contributed by atoms with Gasteiger partial charge in [-0.2, -0.15) is 0 Å². The SMILES string of the molecule is CC(C=P(c1ccccc1)(c1ccccc1)c1ccccc1)C(C)(C)O. The number of rotatable bonds is 5. The first kappa shape index (κ1) is 18.7. The van der Waals surface area contributed by atoms with Crippen molar-refractivity contribution in [1.82, 2.24) is 0 Å². The van der Waals surface area contributed by atoms with E-state index in [4.69, 9.17) is 0 Å². The highest BCUT2D eigenvalue weighted by Gasteiger charge is 2.29. The van der Waals surface area contributed by atoms with Crippen LogP contribution < -0.4 is 15.9 Å². The van der Waals surface area contributed by atoms with Gasteiger partial charge in [0.15, 0.2) is 0 Å². The van der Waals surface area contributed by atoms with E-state index in [1.54, 1.807) is 0 Å². The molecular formula is C24H27OP. The van der Waals surface area contributed by atoms with Gasteiger partial charge in [-0.25, -0.2) is 0 Å². The minimum absolute atomic E-state index is 0.0384. The molecule has 0 aromatic heterocycles. The molecule has 26 heavy (non-hydrogen) atoms. The molecule has 1 unspecified atom stereocenters. The van der Waals surface area contributed by atoms with Crippen molar-refractivity contribution in [2.24, 2.45) is 5.92 Å². The topological polar surface area (TPSA) is 20.2 Å². The Bertz CT molecular complexity index is 774. The Labute approximate surface area is 157 Å². The smallest absolute Gasteiger partial charge is 0.0652 e. The Balaban J connectivity index is 2.42. The van der Waals surface area contributed by atoms with Crippen molar-refractivity contribution in [3.63, 3.8) is 0 Å². The summed E-state index contributed by atoms with van der Waals surface area (Å²) in [6.45, 7) is 3.91. The summed E-state index contributed by atoms with van der Waals surface area (Å²) in [5, 5.41) is 14.6. The number of hydrogen-bond donors (Lipinski definition) is 1. The molecule has 0 aliphatic heterocycles. The predicted molar refractivity (Wildman–Crippen MR) is 117 cm³/mol. The molecule has 3 aromatic carbocycles. The van der Waals surface area contributed by atoms with E-state index in [9.17, 15) is 5.11 Å². The van der Waals surface area contributed by atoms with Gasteiger partial charge < -0.3 is 5.11 Å². The van der Waals surface area contributed by atoms with E-state index in [1.807, 2.05) is 13.8 Å². The van der Waals surface area contributed by atoms with Crippen LogP contribution in [0.5, 0.6) is 0 Å². The predicted octanol–water partition coefficient (Wildman–Crippen LogP) is 4.19. The summed E-state index contributed by atoms with van der Waals surface area (Å²) in [5.74, 6) is 2.45. The van der Waals surface area contributed by atoms with Gasteiger partial charge in [-0.1, -0.05) is 104 Å².